The van der Waals surface area contributed by atoms with Gasteiger partial charge in [-0.1, -0.05) is 54.6 Å². The van der Waals surface area contributed by atoms with E-state index in [1.165, 1.54) is 0 Å². The van der Waals surface area contributed by atoms with Crippen molar-refractivity contribution in [1.29, 1.82) is 0 Å². The highest BCUT2D eigenvalue weighted by molar-refractivity contribution is 5.42. The molecule has 2 aromatic rings. The van der Waals surface area contributed by atoms with Crippen LogP contribution in [0.3, 0.4) is 0 Å². The summed E-state index contributed by atoms with van der Waals surface area (Å²) in [6.07, 6.45) is 0. The van der Waals surface area contributed by atoms with Crippen molar-refractivity contribution < 1.29 is 0 Å². The number of para-hydroxylation sites is 1. The molecule has 0 amide bonds. The van der Waals surface area contributed by atoms with Crippen LogP contribution in [0, 0.1) is 0 Å². The van der Waals surface area contributed by atoms with E-state index in [2.05, 4.69) is 5.32 Å². The molecule has 2 heteroatoms. The van der Waals surface area contributed by atoms with E-state index < -0.39 is 0 Å². The first-order valence-corrected chi connectivity index (χ1v) is 5.42. The van der Waals surface area contributed by atoms with Gasteiger partial charge in [-0.2, -0.15) is 0 Å². The molecule has 0 radical (unpaired) electrons. The Labute approximate surface area is 97.1 Å². The first-order chi connectivity index (χ1) is 7.93. The maximum atomic E-state index is 5.31. The second kappa shape index (κ2) is 8.50. The fraction of sp³-hybridized carbons (Fsp3) is 0.143. The molecule has 2 aromatic carbocycles. The SMILES string of the molecule is NCCNc1ccccc1.c1ccccc1. The molecule has 0 fully saturated rings. The molecule has 2 rings (SSSR count). The van der Waals surface area contributed by atoms with Crippen LogP contribution in [0.1, 0.15) is 0 Å². The lowest BCUT2D eigenvalue weighted by molar-refractivity contribution is 1.02. The molecule has 0 bridgehead atoms. The first kappa shape index (κ1) is 12.3. The third-order valence-electron chi connectivity index (χ3n) is 1.91. The van der Waals surface area contributed by atoms with Crippen LogP contribution in [0.15, 0.2) is 66.7 Å². The van der Waals surface area contributed by atoms with Crippen LogP contribution in [0.5, 0.6) is 0 Å². The maximum Gasteiger partial charge on any atom is 0.0340 e. The number of nitrogens with one attached hydrogen (secondary N) is 1. The molecule has 0 saturated carbocycles. The summed E-state index contributed by atoms with van der Waals surface area (Å²) >= 11 is 0. The maximum absolute atomic E-state index is 5.31. The normalized spacial score (nSPS) is 8.81. The molecule has 0 aliphatic heterocycles. The summed E-state index contributed by atoms with van der Waals surface area (Å²) < 4.78 is 0. The lowest BCUT2D eigenvalue weighted by atomic mass is 10.3. The molecule has 0 saturated heterocycles. The second-order valence-corrected chi connectivity index (χ2v) is 3.24. The fourth-order valence-electron chi connectivity index (χ4n) is 1.16. The zero-order valence-electron chi connectivity index (χ0n) is 9.34. The van der Waals surface area contributed by atoms with E-state index in [9.17, 15) is 0 Å². The number of anilines is 1. The third-order valence-corrected chi connectivity index (χ3v) is 1.91. The van der Waals surface area contributed by atoms with Crippen LogP contribution >= 0.6 is 0 Å². The standard InChI is InChI=1S/C8H12N2.C6H6/c9-6-7-10-8-4-2-1-3-5-8;1-2-4-6-5-3-1/h1-5,10H,6-7,9H2;1-6H. The van der Waals surface area contributed by atoms with Crippen molar-refractivity contribution in [2.24, 2.45) is 5.73 Å². The predicted molar refractivity (Wildman–Crippen MR) is 70.4 cm³/mol. The van der Waals surface area contributed by atoms with Gasteiger partial charge in [0, 0.05) is 18.8 Å². The Bertz CT molecular complexity index is 319. The predicted octanol–water partition coefficient (Wildman–Crippen LogP) is 2.74. The molecule has 3 N–H and O–H groups in total. The van der Waals surface area contributed by atoms with Crippen molar-refractivity contribution in [2.45, 2.75) is 0 Å². The highest BCUT2D eigenvalue weighted by Crippen LogP contribution is 2.02. The summed E-state index contributed by atoms with van der Waals surface area (Å²) in [6.45, 7) is 1.51. The highest BCUT2D eigenvalue weighted by atomic mass is 14.9. The van der Waals surface area contributed by atoms with Crippen LogP contribution < -0.4 is 11.1 Å². The van der Waals surface area contributed by atoms with Crippen molar-refractivity contribution in [2.75, 3.05) is 18.4 Å². The van der Waals surface area contributed by atoms with Gasteiger partial charge in [0.2, 0.25) is 0 Å². The average molecular weight is 214 g/mol. The van der Waals surface area contributed by atoms with Crippen molar-refractivity contribution >= 4 is 5.69 Å². The zero-order chi connectivity index (χ0) is 11.5. The molecule has 0 spiro atoms. The van der Waals surface area contributed by atoms with E-state index in [1.54, 1.807) is 0 Å². The number of benzene rings is 2. The van der Waals surface area contributed by atoms with Crippen molar-refractivity contribution in [1.82, 2.24) is 0 Å². The number of hydrogen-bond donors (Lipinski definition) is 2. The van der Waals surface area contributed by atoms with Crippen LogP contribution in [-0.2, 0) is 0 Å². The van der Waals surface area contributed by atoms with E-state index >= 15 is 0 Å². The minimum Gasteiger partial charge on any atom is -0.384 e. The Kier molecular flexibility index (Phi) is 6.52. The van der Waals surface area contributed by atoms with Gasteiger partial charge < -0.3 is 11.1 Å². The highest BCUT2D eigenvalue weighted by Gasteiger charge is 1.84. The average Bonchev–Trinajstić information content (AvgIpc) is 2.40. The minimum atomic E-state index is 0.675. The fourth-order valence-corrected chi connectivity index (χ4v) is 1.16. The molecule has 0 aromatic heterocycles. The van der Waals surface area contributed by atoms with Gasteiger partial charge in [-0.25, -0.2) is 0 Å². The van der Waals surface area contributed by atoms with Gasteiger partial charge in [0.25, 0.3) is 0 Å². The van der Waals surface area contributed by atoms with E-state index in [0.717, 1.165) is 12.2 Å². The van der Waals surface area contributed by atoms with Crippen LogP contribution in [0.25, 0.3) is 0 Å². The number of nitrogens with two attached hydrogens (primary N) is 1. The topological polar surface area (TPSA) is 38.0 Å². The van der Waals surface area contributed by atoms with Gasteiger partial charge in [0.05, 0.1) is 0 Å². The quantitative estimate of drug-likeness (QED) is 0.824. The molecule has 0 aliphatic rings. The Balaban J connectivity index is 0.000000181. The Hall–Kier alpha value is -1.80. The Morgan fingerprint density at radius 1 is 0.750 bits per heavy atom. The zero-order valence-corrected chi connectivity index (χ0v) is 9.34. The molecule has 0 heterocycles. The summed E-state index contributed by atoms with van der Waals surface area (Å²) in [4.78, 5) is 0. The van der Waals surface area contributed by atoms with Crippen molar-refractivity contribution in [3.8, 4) is 0 Å². The Morgan fingerprint density at radius 3 is 1.62 bits per heavy atom. The molecule has 84 valence electrons. The number of hydrogen-bond acceptors (Lipinski definition) is 2. The summed E-state index contributed by atoms with van der Waals surface area (Å²) in [7, 11) is 0. The van der Waals surface area contributed by atoms with Crippen LogP contribution in [0.2, 0.25) is 0 Å². The summed E-state index contributed by atoms with van der Waals surface area (Å²) in [5.74, 6) is 0. The monoisotopic (exact) mass is 214 g/mol. The lowest BCUT2D eigenvalue weighted by Crippen LogP contribution is -2.12. The van der Waals surface area contributed by atoms with Gasteiger partial charge >= 0.3 is 0 Å². The van der Waals surface area contributed by atoms with Gasteiger partial charge in [-0.05, 0) is 12.1 Å². The van der Waals surface area contributed by atoms with E-state index in [-0.39, 0.29) is 0 Å². The van der Waals surface area contributed by atoms with Gasteiger partial charge in [0.1, 0.15) is 0 Å². The van der Waals surface area contributed by atoms with Crippen LogP contribution in [0.4, 0.5) is 5.69 Å². The van der Waals surface area contributed by atoms with Crippen molar-refractivity contribution in [3.05, 3.63) is 66.7 Å². The number of rotatable bonds is 3. The van der Waals surface area contributed by atoms with E-state index in [1.807, 2.05) is 66.7 Å². The first-order valence-electron chi connectivity index (χ1n) is 5.42. The summed E-state index contributed by atoms with van der Waals surface area (Å²) in [5, 5.41) is 3.17. The van der Waals surface area contributed by atoms with Gasteiger partial charge in [-0.15, -0.1) is 0 Å². The minimum absolute atomic E-state index is 0.675. The van der Waals surface area contributed by atoms with Gasteiger partial charge in [0.15, 0.2) is 0 Å². The molecule has 0 unspecified atom stereocenters. The molecule has 2 nitrogen and oxygen atoms in total. The van der Waals surface area contributed by atoms with E-state index in [0.29, 0.717) is 6.54 Å². The largest absolute Gasteiger partial charge is 0.384 e. The van der Waals surface area contributed by atoms with E-state index in [4.69, 9.17) is 5.73 Å². The third kappa shape index (κ3) is 5.83. The molecular weight excluding hydrogens is 196 g/mol. The second-order valence-electron chi connectivity index (χ2n) is 3.24. The van der Waals surface area contributed by atoms with Crippen LogP contribution in [-0.4, -0.2) is 13.1 Å². The summed E-state index contributed by atoms with van der Waals surface area (Å²) in [6, 6.07) is 22.0. The lowest BCUT2D eigenvalue weighted by Gasteiger charge is -2.01. The molecule has 0 atom stereocenters. The van der Waals surface area contributed by atoms with Gasteiger partial charge in [-0.3, -0.25) is 0 Å². The molecule has 16 heavy (non-hydrogen) atoms. The smallest absolute Gasteiger partial charge is 0.0340 e. The molecule has 0 aliphatic carbocycles. The summed E-state index contributed by atoms with van der Waals surface area (Å²) in [5.41, 5.74) is 6.45. The Morgan fingerprint density at radius 2 is 1.19 bits per heavy atom. The van der Waals surface area contributed by atoms with Crippen molar-refractivity contribution in [3.63, 3.8) is 0 Å². The molecular formula is C14H18N2.